The smallest absolute Gasteiger partial charge is 0.324 e. The van der Waals surface area contributed by atoms with Crippen LogP contribution in [0.1, 0.15) is 83.5 Å². The first-order chi connectivity index (χ1) is 13.9. The number of carboxylic acids is 2. The SMILES string of the molecule is NCCCCCCNC(CCCCCCC(=O)O)(C(=O)O)C1CCCCNC1=O. The molecule has 2 atom stereocenters. The molecule has 2 unspecified atom stereocenters. The highest BCUT2D eigenvalue weighted by Crippen LogP contribution is 2.31. The molecule has 0 aromatic heterocycles. The highest BCUT2D eigenvalue weighted by molar-refractivity contribution is 5.90. The zero-order valence-corrected chi connectivity index (χ0v) is 17.6. The van der Waals surface area contributed by atoms with Gasteiger partial charge in [-0.25, -0.2) is 0 Å². The fourth-order valence-electron chi connectivity index (χ4n) is 4.09. The second kappa shape index (κ2) is 14.3. The van der Waals surface area contributed by atoms with Crippen molar-refractivity contribution in [2.24, 2.45) is 11.7 Å². The van der Waals surface area contributed by atoms with Crippen LogP contribution in [0.3, 0.4) is 0 Å². The monoisotopic (exact) mass is 413 g/mol. The zero-order valence-electron chi connectivity index (χ0n) is 17.6. The van der Waals surface area contributed by atoms with Crippen LogP contribution in [0.5, 0.6) is 0 Å². The van der Waals surface area contributed by atoms with Gasteiger partial charge >= 0.3 is 11.9 Å². The number of hydrogen-bond donors (Lipinski definition) is 5. The molecule has 6 N–H and O–H groups in total. The van der Waals surface area contributed by atoms with Gasteiger partial charge in [0.15, 0.2) is 0 Å². The number of carboxylic acid groups (broad SMARTS) is 2. The molecule has 0 spiro atoms. The molecule has 0 aromatic carbocycles. The van der Waals surface area contributed by atoms with Crippen LogP contribution in [0, 0.1) is 5.92 Å². The molecule has 0 saturated carbocycles. The van der Waals surface area contributed by atoms with Crippen LogP contribution in [-0.4, -0.2) is 53.2 Å². The van der Waals surface area contributed by atoms with Crippen LogP contribution >= 0.6 is 0 Å². The van der Waals surface area contributed by atoms with Crippen LogP contribution in [0.25, 0.3) is 0 Å². The number of nitrogens with one attached hydrogen (secondary N) is 2. The van der Waals surface area contributed by atoms with Gasteiger partial charge in [-0.3, -0.25) is 14.4 Å². The molecule has 1 aliphatic heterocycles. The second-order valence-corrected chi connectivity index (χ2v) is 8.05. The van der Waals surface area contributed by atoms with Crippen molar-refractivity contribution < 1.29 is 24.6 Å². The van der Waals surface area contributed by atoms with E-state index in [0.717, 1.165) is 51.4 Å². The maximum Gasteiger partial charge on any atom is 0.324 e. The van der Waals surface area contributed by atoms with Gasteiger partial charge in [-0.05, 0) is 51.6 Å². The lowest BCUT2D eigenvalue weighted by Gasteiger charge is -2.37. The summed E-state index contributed by atoms with van der Waals surface area (Å²) in [5, 5.41) is 25.0. The van der Waals surface area contributed by atoms with Crippen LogP contribution < -0.4 is 16.4 Å². The van der Waals surface area contributed by atoms with Gasteiger partial charge in [0.05, 0.1) is 5.92 Å². The fourth-order valence-corrected chi connectivity index (χ4v) is 4.09. The highest BCUT2D eigenvalue weighted by Gasteiger charge is 2.48. The molecular weight excluding hydrogens is 374 g/mol. The number of hydrogen-bond acceptors (Lipinski definition) is 5. The van der Waals surface area contributed by atoms with Crippen molar-refractivity contribution in [2.45, 2.75) is 89.0 Å². The first-order valence-corrected chi connectivity index (χ1v) is 11.1. The molecule has 0 radical (unpaired) electrons. The van der Waals surface area contributed by atoms with Crippen molar-refractivity contribution in [3.05, 3.63) is 0 Å². The summed E-state index contributed by atoms with van der Waals surface area (Å²) >= 11 is 0. The Labute approximate surface area is 174 Å². The fraction of sp³-hybridized carbons (Fsp3) is 0.857. The van der Waals surface area contributed by atoms with Crippen LogP contribution in [0.2, 0.25) is 0 Å². The summed E-state index contributed by atoms with van der Waals surface area (Å²) < 4.78 is 0. The maximum absolute atomic E-state index is 12.7. The van der Waals surface area contributed by atoms with Gasteiger partial charge in [0.1, 0.15) is 5.54 Å². The zero-order chi connectivity index (χ0) is 21.5. The van der Waals surface area contributed by atoms with Gasteiger partial charge < -0.3 is 26.6 Å². The number of amides is 1. The largest absolute Gasteiger partial charge is 0.481 e. The number of carbonyl (C=O) groups excluding carboxylic acids is 1. The molecule has 168 valence electrons. The van der Waals surface area contributed by atoms with Gasteiger partial charge in [0, 0.05) is 13.0 Å². The van der Waals surface area contributed by atoms with E-state index in [9.17, 15) is 19.5 Å². The summed E-state index contributed by atoms with van der Waals surface area (Å²) in [6, 6.07) is 0. The van der Waals surface area contributed by atoms with E-state index < -0.39 is 23.4 Å². The molecule has 1 amide bonds. The quantitative estimate of drug-likeness (QED) is 0.244. The normalized spacial score (nSPS) is 19.2. The molecule has 8 nitrogen and oxygen atoms in total. The molecule has 1 heterocycles. The van der Waals surface area contributed by atoms with E-state index in [4.69, 9.17) is 10.8 Å². The Kier molecular flexibility index (Phi) is 12.5. The van der Waals surface area contributed by atoms with Crippen molar-refractivity contribution in [1.29, 1.82) is 0 Å². The van der Waals surface area contributed by atoms with Crippen LogP contribution in [-0.2, 0) is 14.4 Å². The Bertz CT molecular complexity index is 515. The summed E-state index contributed by atoms with van der Waals surface area (Å²) in [4.78, 5) is 35.7. The van der Waals surface area contributed by atoms with E-state index in [1.54, 1.807) is 0 Å². The molecule has 0 aliphatic carbocycles. The maximum atomic E-state index is 12.7. The minimum absolute atomic E-state index is 0.135. The lowest BCUT2D eigenvalue weighted by molar-refractivity contribution is -0.152. The lowest BCUT2D eigenvalue weighted by Crippen LogP contribution is -2.61. The Hall–Kier alpha value is -1.67. The van der Waals surface area contributed by atoms with E-state index in [1.165, 1.54) is 0 Å². The van der Waals surface area contributed by atoms with Crippen LogP contribution in [0.15, 0.2) is 0 Å². The van der Waals surface area contributed by atoms with Gasteiger partial charge in [0.25, 0.3) is 0 Å². The van der Waals surface area contributed by atoms with Crippen LogP contribution in [0.4, 0.5) is 0 Å². The summed E-state index contributed by atoms with van der Waals surface area (Å²) in [5.74, 6) is -2.54. The van der Waals surface area contributed by atoms with Crippen molar-refractivity contribution in [1.82, 2.24) is 10.6 Å². The number of nitrogens with two attached hydrogens (primary N) is 1. The average molecular weight is 414 g/mol. The molecule has 0 aromatic rings. The summed E-state index contributed by atoms with van der Waals surface area (Å²) in [7, 11) is 0. The Morgan fingerprint density at radius 2 is 1.72 bits per heavy atom. The van der Waals surface area contributed by atoms with Gasteiger partial charge in [-0.1, -0.05) is 38.5 Å². The second-order valence-electron chi connectivity index (χ2n) is 8.05. The van der Waals surface area contributed by atoms with Gasteiger partial charge in [-0.2, -0.15) is 0 Å². The Balaban J connectivity index is 2.75. The number of rotatable bonds is 16. The van der Waals surface area contributed by atoms with E-state index in [-0.39, 0.29) is 12.3 Å². The van der Waals surface area contributed by atoms with E-state index >= 15 is 0 Å². The molecule has 1 aliphatic rings. The number of unbranched alkanes of at least 4 members (excludes halogenated alkanes) is 6. The number of carbonyl (C=O) groups is 3. The summed E-state index contributed by atoms with van der Waals surface area (Å²) in [6.45, 7) is 1.82. The minimum Gasteiger partial charge on any atom is -0.481 e. The van der Waals surface area contributed by atoms with Crippen molar-refractivity contribution in [3.8, 4) is 0 Å². The lowest BCUT2D eigenvalue weighted by atomic mass is 9.76. The first-order valence-electron chi connectivity index (χ1n) is 11.1. The van der Waals surface area contributed by atoms with Crippen molar-refractivity contribution >= 4 is 17.8 Å². The Morgan fingerprint density at radius 3 is 2.41 bits per heavy atom. The summed E-state index contributed by atoms with van der Waals surface area (Å²) in [6.07, 6.45) is 9.33. The third-order valence-electron chi connectivity index (χ3n) is 5.79. The predicted molar refractivity (Wildman–Crippen MR) is 112 cm³/mol. The van der Waals surface area contributed by atoms with Crippen molar-refractivity contribution in [3.63, 3.8) is 0 Å². The topological polar surface area (TPSA) is 142 Å². The first kappa shape index (κ1) is 25.4. The predicted octanol–water partition coefficient (Wildman–Crippen LogP) is 2.26. The molecule has 1 saturated heterocycles. The van der Waals surface area contributed by atoms with E-state index in [1.807, 2.05) is 0 Å². The van der Waals surface area contributed by atoms with E-state index in [0.29, 0.717) is 45.3 Å². The molecule has 8 heteroatoms. The molecule has 1 fully saturated rings. The molecule has 29 heavy (non-hydrogen) atoms. The Morgan fingerprint density at radius 1 is 1.03 bits per heavy atom. The third-order valence-corrected chi connectivity index (χ3v) is 5.79. The standard InChI is InChI=1S/C21H39N3O5/c22-14-8-3-4-9-16-24-21(20(28)29,13-7-2-1-5-12-18(25)26)17-11-6-10-15-23-19(17)27/h17,24H,1-16,22H2,(H,23,27)(H,25,26)(H,28,29). The number of aliphatic carboxylic acids is 2. The summed E-state index contributed by atoms with van der Waals surface area (Å²) in [5.41, 5.74) is 4.25. The molecule has 0 bridgehead atoms. The van der Waals surface area contributed by atoms with Gasteiger partial charge in [0.2, 0.25) is 5.91 Å². The van der Waals surface area contributed by atoms with E-state index in [2.05, 4.69) is 10.6 Å². The third kappa shape index (κ3) is 9.12. The average Bonchev–Trinajstić information content (AvgIpc) is 2.90. The van der Waals surface area contributed by atoms with Gasteiger partial charge in [-0.15, -0.1) is 0 Å². The van der Waals surface area contributed by atoms with Crippen molar-refractivity contribution in [2.75, 3.05) is 19.6 Å². The minimum atomic E-state index is -1.27. The highest BCUT2D eigenvalue weighted by atomic mass is 16.4. The molecular formula is C21H39N3O5. The molecule has 1 rings (SSSR count).